The quantitative estimate of drug-likeness (QED) is 0.281. The molecule has 0 radical (unpaired) electrons. The van der Waals surface area contributed by atoms with Gasteiger partial charge in [-0.05, 0) is 88.8 Å². The summed E-state index contributed by atoms with van der Waals surface area (Å²) < 4.78 is 76.8. The Bertz CT molecular complexity index is 1230. The van der Waals surface area contributed by atoms with Crippen LogP contribution in [-0.4, -0.2) is 58.9 Å². The van der Waals surface area contributed by atoms with Gasteiger partial charge in [0.05, 0.1) is 25.2 Å². The molecule has 2 aromatic rings. The molecule has 2 N–H and O–H groups in total. The number of hydrogen-bond donors (Lipinski definition) is 2. The van der Waals surface area contributed by atoms with E-state index in [1.807, 2.05) is 13.8 Å². The van der Waals surface area contributed by atoms with Crippen LogP contribution in [0, 0.1) is 27.0 Å². The Morgan fingerprint density at radius 1 is 0.690 bits per heavy atom. The molecule has 2 aliphatic heterocycles. The Hall–Kier alpha value is -3.48. The summed E-state index contributed by atoms with van der Waals surface area (Å²) in [4.78, 5) is 9.95. The van der Waals surface area contributed by atoms with Crippen molar-refractivity contribution in [1.82, 2.24) is 0 Å². The lowest BCUT2D eigenvalue weighted by molar-refractivity contribution is -0.209. The van der Waals surface area contributed by atoms with Crippen molar-refractivity contribution in [2.45, 2.75) is 102 Å². The van der Waals surface area contributed by atoms with Gasteiger partial charge in [-0.25, -0.2) is 9.69 Å². The predicted octanol–water partition coefficient (Wildman–Crippen LogP) is 7.65. The van der Waals surface area contributed by atoms with Crippen LogP contribution in [0.25, 0.3) is 9.69 Å². The molecule has 2 aromatic carbocycles. The van der Waals surface area contributed by atoms with Crippen LogP contribution in [0.1, 0.15) is 50.7 Å². The number of rotatable bonds is 4. The molecule has 0 amide bonds. The van der Waals surface area contributed by atoms with E-state index >= 15 is 0 Å². The number of aryl methyl sites for hydroxylation is 2. The Labute approximate surface area is 241 Å². The van der Waals surface area contributed by atoms with E-state index in [2.05, 4.69) is 9.69 Å². The number of hydrogen-bond acceptors (Lipinski definition) is 4. The van der Waals surface area contributed by atoms with E-state index in [1.165, 1.54) is 0 Å². The minimum absolute atomic E-state index is 0.0785. The summed E-state index contributed by atoms with van der Waals surface area (Å²) in [6.45, 7) is 21.2. The highest BCUT2D eigenvalue weighted by molar-refractivity contribution is 5.63. The zero-order valence-electron chi connectivity index (χ0n) is 23.7. The van der Waals surface area contributed by atoms with Crippen LogP contribution in [0.4, 0.5) is 49.1 Å². The molecule has 0 saturated carbocycles. The third kappa shape index (κ3) is 7.11. The van der Waals surface area contributed by atoms with Crippen molar-refractivity contribution >= 4 is 22.7 Å². The fourth-order valence-electron chi connectivity index (χ4n) is 5.83. The highest BCUT2D eigenvalue weighted by Crippen LogP contribution is 2.39. The second kappa shape index (κ2) is 12.8. The van der Waals surface area contributed by atoms with Crippen molar-refractivity contribution in [2.75, 3.05) is 9.80 Å². The van der Waals surface area contributed by atoms with Gasteiger partial charge in [-0.3, -0.25) is 0 Å². The fraction of sp³-hybridized carbons (Fsp3) is 0.533. The van der Waals surface area contributed by atoms with E-state index in [9.17, 15) is 36.6 Å². The molecule has 0 aliphatic carbocycles. The summed E-state index contributed by atoms with van der Waals surface area (Å²) in [6.07, 6.45) is -12.2. The number of benzene rings is 2. The molecular formula is C30H34F6N4O2. The summed E-state index contributed by atoms with van der Waals surface area (Å²) in [7, 11) is 0. The van der Waals surface area contributed by atoms with Crippen LogP contribution >= 0.6 is 0 Å². The van der Waals surface area contributed by atoms with Crippen LogP contribution in [0.3, 0.4) is 0 Å². The molecule has 2 heterocycles. The molecule has 42 heavy (non-hydrogen) atoms. The predicted molar refractivity (Wildman–Crippen MR) is 149 cm³/mol. The maximum atomic E-state index is 12.8. The normalized spacial score (nSPS) is 24.0. The maximum absolute atomic E-state index is 12.8. The van der Waals surface area contributed by atoms with Gasteiger partial charge in [-0.15, -0.1) is 0 Å². The van der Waals surface area contributed by atoms with Crippen LogP contribution in [0.2, 0.25) is 0 Å². The second-order valence-electron chi connectivity index (χ2n) is 10.9. The summed E-state index contributed by atoms with van der Waals surface area (Å²) >= 11 is 0. The minimum atomic E-state index is -4.63. The van der Waals surface area contributed by atoms with Gasteiger partial charge in [0.15, 0.2) is 23.6 Å². The average Bonchev–Trinajstić information content (AvgIpc) is 3.49. The average molecular weight is 597 g/mol. The molecule has 2 saturated heterocycles. The Balaban J connectivity index is 0.000000230. The largest absolute Gasteiger partial charge is 0.416 e. The first-order valence-electron chi connectivity index (χ1n) is 13.5. The Morgan fingerprint density at radius 3 is 1.29 bits per heavy atom. The minimum Gasteiger partial charge on any atom is -0.382 e. The summed E-state index contributed by atoms with van der Waals surface area (Å²) in [5, 5.41) is 19.2. The molecule has 0 unspecified atom stereocenters. The van der Waals surface area contributed by atoms with Crippen molar-refractivity contribution in [3.05, 3.63) is 70.4 Å². The van der Waals surface area contributed by atoms with Gasteiger partial charge >= 0.3 is 12.4 Å². The molecule has 228 valence electrons. The van der Waals surface area contributed by atoms with E-state index in [4.69, 9.17) is 13.1 Å². The van der Waals surface area contributed by atoms with Gasteiger partial charge in [0.25, 0.3) is 0 Å². The second-order valence-corrected chi connectivity index (χ2v) is 10.9. The smallest absolute Gasteiger partial charge is 0.382 e. The van der Waals surface area contributed by atoms with Crippen LogP contribution in [0.15, 0.2) is 36.4 Å². The van der Waals surface area contributed by atoms with Gasteiger partial charge in [0.2, 0.25) is 0 Å². The molecular weight excluding hydrogens is 562 g/mol. The van der Waals surface area contributed by atoms with Crippen molar-refractivity contribution in [3.8, 4) is 0 Å². The number of nitrogens with zero attached hydrogens (tertiary/aromatic N) is 4. The van der Waals surface area contributed by atoms with E-state index in [0.717, 1.165) is 11.1 Å². The fourth-order valence-corrected chi connectivity index (χ4v) is 5.83. The summed E-state index contributed by atoms with van der Waals surface area (Å²) in [5.41, 5.74) is 3.66. The van der Waals surface area contributed by atoms with Crippen molar-refractivity contribution < 1.29 is 36.6 Å². The van der Waals surface area contributed by atoms with Crippen LogP contribution in [-0.2, 0) is 0 Å². The van der Waals surface area contributed by atoms with Gasteiger partial charge < -0.3 is 20.0 Å². The molecule has 2 aliphatic rings. The first-order valence-corrected chi connectivity index (χ1v) is 13.5. The lowest BCUT2D eigenvalue weighted by atomic mass is 10.1. The molecule has 6 nitrogen and oxygen atoms in total. The Kier molecular flexibility index (Phi) is 10.1. The molecule has 2 fully saturated rings. The number of halogens is 6. The Morgan fingerprint density at radius 2 is 1.02 bits per heavy atom. The number of aliphatic hydroxyl groups excluding tert-OH is 2. The van der Waals surface area contributed by atoms with E-state index < -0.39 is 36.6 Å². The summed E-state index contributed by atoms with van der Waals surface area (Å²) in [6, 6.07) is 7.85. The van der Waals surface area contributed by atoms with Gasteiger partial charge in [-0.1, -0.05) is 12.1 Å². The first kappa shape index (κ1) is 33.0. The number of anilines is 2. The van der Waals surface area contributed by atoms with Crippen molar-refractivity contribution in [1.29, 1.82) is 0 Å². The van der Waals surface area contributed by atoms with Crippen LogP contribution < -0.4 is 9.80 Å². The van der Waals surface area contributed by atoms with Crippen molar-refractivity contribution in [3.63, 3.8) is 0 Å². The standard InChI is InChI=1S/2C15H17F3N2O/c2*1-9-8-11(5-6-12(9)19-3)20-10(2)4-7-13(20)14(21)15(16,17)18/h2*5-6,8,10,13-14,21H,4,7H2,1-2H3/t10-,13-,14+;10-,13-,14-/m11/s1. The molecule has 4 rings (SSSR count). The molecule has 6 atom stereocenters. The SMILES string of the molecule is [C-]#[N+]c1ccc(N2[C@H](C)CC[C@@H]2[C@@H](O)C(F)(F)F)cc1C.[C-]#[N+]c1ccc(N2[C@H](C)CC[C@@H]2[C@H](O)C(F)(F)F)cc1C. The lowest BCUT2D eigenvalue weighted by Gasteiger charge is -2.34. The third-order valence-corrected chi connectivity index (χ3v) is 8.02. The monoisotopic (exact) mass is 596 g/mol. The number of aliphatic hydroxyl groups is 2. The van der Waals surface area contributed by atoms with Gasteiger partial charge in [0, 0.05) is 23.5 Å². The van der Waals surface area contributed by atoms with E-state index in [1.54, 1.807) is 60.0 Å². The third-order valence-electron chi connectivity index (χ3n) is 8.02. The van der Waals surface area contributed by atoms with E-state index in [0.29, 0.717) is 48.4 Å². The summed E-state index contributed by atoms with van der Waals surface area (Å²) in [5.74, 6) is 0. The zero-order chi connectivity index (χ0) is 31.6. The lowest BCUT2D eigenvalue weighted by Crippen LogP contribution is -2.48. The molecule has 0 bridgehead atoms. The highest BCUT2D eigenvalue weighted by Gasteiger charge is 2.50. The maximum Gasteiger partial charge on any atom is 0.416 e. The molecule has 0 spiro atoms. The van der Waals surface area contributed by atoms with Gasteiger partial charge in [0.1, 0.15) is 0 Å². The molecule has 12 heteroatoms. The number of alkyl halides is 6. The molecule has 0 aromatic heterocycles. The van der Waals surface area contributed by atoms with Crippen molar-refractivity contribution in [2.24, 2.45) is 0 Å². The first-order chi connectivity index (χ1) is 19.5. The topological polar surface area (TPSA) is 55.7 Å². The zero-order valence-corrected chi connectivity index (χ0v) is 23.7. The van der Waals surface area contributed by atoms with Gasteiger partial charge in [-0.2, -0.15) is 26.3 Å². The highest BCUT2D eigenvalue weighted by atomic mass is 19.4. The van der Waals surface area contributed by atoms with E-state index in [-0.39, 0.29) is 12.1 Å². The van der Waals surface area contributed by atoms with Crippen LogP contribution in [0.5, 0.6) is 0 Å².